The van der Waals surface area contributed by atoms with E-state index in [0.29, 0.717) is 19.3 Å². The zero-order valence-corrected chi connectivity index (χ0v) is 39.0. The Labute approximate surface area is 355 Å². The lowest BCUT2D eigenvalue weighted by Crippen LogP contribution is -2.30. The number of carbonyl (C=O) groups is 3. The zero-order chi connectivity index (χ0) is 41.9. The molecule has 1 unspecified atom stereocenters. The Morgan fingerprint density at radius 3 is 1.00 bits per heavy atom. The normalized spacial score (nSPS) is 12.5. The highest BCUT2D eigenvalue weighted by Gasteiger charge is 2.19. The molecule has 0 aromatic carbocycles. The average molecular weight is 807 g/mol. The van der Waals surface area contributed by atoms with Gasteiger partial charge in [0, 0.05) is 19.3 Å². The average Bonchev–Trinajstić information content (AvgIpc) is 3.19. The molecule has 57 heavy (non-hydrogen) atoms. The van der Waals surface area contributed by atoms with E-state index in [0.717, 1.165) is 69.6 Å². The Balaban J connectivity index is 4.33. The molecular weight excluding hydrogens is 709 g/mol. The van der Waals surface area contributed by atoms with Gasteiger partial charge in [0.2, 0.25) is 0 Å². The Bertz CT molecular complexity index is 872. The first kappa shape index (κ1) is 55.4. The van der Waals surface area contributed by atoms with Crippen molar-refractivity contribution in [3.8, 4) is 0 Å². The van der Waals surface area contributed by atoms with Gasteiger partial charge in [-0.15, -0.1) is 0 Å². The van der Waals surface area contributed by atoms with Crippen LogP contribution in [-0.2, 0) is 28.6 Å². The molecule has 0 amide bonds. The number of unbranched alkanes of at least 4 members (excludes halogenated alkanes) is 29. The summed E-state index contributed by atoms with van der Waals surface area (Å²) in [5, 5.41) is 0. The van der Waals surface area contributed by atoms with Gasteiger partial charge in [-0.25, -0.2) is 0 Å². The van der Waals surface area contributed by atoms with Gasteiger partial charge in [-0.3, -0.25) is 14.4 Å². The van der Waals surface area contributed by atoms with Crippen molar-refractivity contribution in [2.75, 3.05) is 13.2 Å². The van der Waals surface area contributed by atoms with Crippen molar-refractivity contribution in [1.29, 1.82) is 0 Å². The van der Waals surface area contributed by atoms with Gasteiger partial charge >= 0.3 is 17.9 Å². The fourth-order valence-electron chi connectivity index (χ4n) is 7.60. The Morgan fingerprint density at radius 1 is 0.368 bits per heavy atom. The summed E-state index contributed by atoms with van der Waals surface area (Å²) < 4.78 is 16.8. The van der Waals surface area contributed by atoms with E-state index in [-0.39, 0.29) is 31.1 Å². The minimum atomic E-state index is -0.761. The first-order valence-electron chi connectivity index (χ1n) is 25.3. The Hall–Kier alpha value is -1.59. The predicted octanol–water partition coefficient (Wildman–Crippen LogP) is 16.1. The second-order valence-corrected chi connectivity index (χ2v) is 18.2. The largest absolute Gasteiger partial charge is 0.462 e. The Morgan fingerprint density at radius 2 is 0.667 bits per heavy atom. The van der Waals surface area contributed by atoms with E-state index in [1.807, 2.05) is 0 Å². The molecule has 6 nitrogen and oxygen atoms in total. The van der Waals surface area contributed by atoms with Crippen molar-refractivity contribution >= 4 is 17.9 Å². The Kier molecular flexibility index (Phi) is 42.7. The predicted molar refractivity (Wildman–Crippen MR) is 243 cm³/mol. The summed E-state index contributed by atoms with van der Waals surface area (Å²) in [6.45, 7) is 11.4. The number of carbonyl (C=O) groups excluding carboxylic acids is 3. The minimum absolute atomic E-state index is 0.0646. The van der Waals surface area contributed by atoms with Gasteiger partial charge in [0.05, 0.1) is 0 Å². The lowest BCUT2D eigenvalue weighted by molar-refractivity contribution is -0.167. The molecule has 0 radical (unpaired) electrons. The SMILES string of the molecule is CCCCCCCCCCCCCCCCCC(=O)O[C@H](COC(=O)CCCCCCCCCCCC(C)C)COC(=O)CCCCCCCCCCC(C)CC. The first-order chi connectivity index (χ1) is 27.8. The molecule has 0 fully saturated rings. The fraction of sp³-hybridized carbons (Fsp3) is 0.941. The summed E-state index contributed by atoms with van der Waals surface area (Å²) in [4.78, 5) is 37.9. The van der Waals surface area contributed by atoms with Crippen LogP contribution >= 0.6 is 0 Å². The third-order valence-corrected chi connectivity index (χ3v) is 11.8. The van der Waals surface area contributed by atoms with Crippen LogP contribution in [-0.4, -0.2) is 37.2 Å². The van der Waals surface area contributed by atoms with Gasteiger partial charge in [-0.1, -0.05) is 240 Å². The summed E-state index contributed by atoms with van der Waals surface area (Å²) in [7, 11) is 0. The van der Waals surface area contributed by atoms with Gasteiger partial charge in [-0.2, -0.15) is 0 Å². The summed E-state index contributed by atoms with van der Waals surface area (Å²) in [5.74, 6) is 0.804. The second kappa shape index (κ2) is 44.0. The summed E-state index contributed by atoms with van der Waals surface area (Å²) in [6.07, 6.45) is 43.7. The van der Waals surface area contributed by atoms with Crippen molar-refractivity contribution in [2.45, 2.75) is 285 Å². The number of esters is 3. The van der Waals surface area contributed by atoms with Crippen molar-refractivity contribution in [2.24, 2.45) is 11.8 Å². The second-order valence-electron chi connectivity index (χ2n) is 18.2. The van der Waals surface area contributed by atoms with E-state index in [4.69, 9.17) is 14.2 Å². The molecule has 0 N–H and O–H groups in total. The highest BCUT2D eigenvalue weighted by atomic mass is 16.6. The molecule has 338 valence electrons. The maximum Gasteiger partial charge on any atom is 0.306 e. The van der Waals surface area contributed by atoms with Crippen LogP contribution in [0.3, 0.4) is 0 Å². The van der Waals surface area contributed by atoms with Crippen LogP contribution in [0.2, 0.25) is 0 Å². The van der Waals surface area contributed by atoms with Crippen LogP contribution in [0.15, 0.2) is 0 Å². The van der Waals surface area contributed by atoms with Gasteiger partial charge in [-0.05, 0) is 31.1 Å². The fourth-order valence-corrected chi connectivity index (χ4v) is 7.60. The van der Waals surface area contributed by atoms with Gasteiger partial charge in [0.15, 0.2) is 6.10 Å². The van der Waals surface area contributed by atoms with E-state index in [1.54, 1.807) is 0 Å². The lowest BCUT2D eigenvalue weighted by Gasteiger charge is -2.18. The molecule has 0 heterocycles. The molecule has 0 aromatic rings. The smallest absolute Gasteiger partial charge is 0.306 e. The first-order valence-corrected chi connectivity index (χ1v) is 25.3. The van der Waals surface area contributed by atoms with Crippen molar-refractivity contribution in [3.63, 3.8) is 0 Å². The van der Waals surface area contributed by atoms with Crippen LogP contribution in [0.5, 0.6) is 0 Å². The topological polar surface area (TPSA) is 78.9 Å². The van der Waals surface area contributed by atoms with E-state index in [2.05, 4.69) is 34.6 Å². The molecular formula is C51H98O6. The number of rotatable bonds is 45. The van der Waals surface area contributed by atoms with Crippen molar-refractivity contribution in [3.05, 3.63) is 0 Å². The van der Waals surface area contributed by atoms with Crippen molar-refractivity contribution in [1.82, 2.24) is 0 Å². The van der Waals surface area contributed by atoms with Crippen LogP contribution in [0.25, 0.3) is 0 Å². The van der Waals surface area contributed by atoms with Crippen LogP contribution in [0, 0.1) is 11.8 Å². The molecule has 0 rings (SSSR count). The third kappa shape index (κ3) is 43.8. The summed E-state index contributed by atoms with van der Waals surface area (Å²) in [6, 6.07) is 0. The molecule has 0 aliphatic rings. The van der Waals surface area contributed by atoms with Crippen LogP contribution < -0.4 is 0 Å². The molecule has 0 aliphatic carbocycles. The van der Waals surface area contributed by atoms with Gasteiger partial charge in [0.25, 0.3) is 0 Å². The molecule has 0 saturated heterocycles. The van der Waals surface area contributed by atoms with Crippen LogP contribution in [0.4, 0.5) is 0 Å². The monoisotopic (exact) mass is 807 g/mol. The molecule has 0 spiro atoms. The van der Waals surface area contributed by atoms with E-state index in [1.165, 1.54) is 167 Å². The standard InChI is InChI=1S/C51H98O6/c1-6-8-9-10-11-12-13-14-15-16-17-20-28-33-38-43-51(54)57-48(44-55-49(52)41-36-31-26-21-18-19-24-29-34-39-46(3)4)45-56-50(53)42-37-32-27-23-22-25-30-35-40-47(5)7-2/h46-48H,6-45H2,1-5H3/t47?,48-/m1/s1. The molecule has 0 saturated carbocycles. The maximum atomic E-state index is 12.8. The van der Waals surface area contributed by atoms with E-state index in [9.17, 15) is 14.4 Å². The zero-order valence-electron chi connectivity index (χ0n) is 39.0. The van der Waals surface area contributed by atoms with Crippen molar-refractivity contribution < 1.29 is 28.6 Å². The maximum absolute atomic E-state index is 12.8. The van der Waals surface area contributed by atoms with Gasteiger partial charge in [0.1, 0.15) is 13.2 Å². The lowest BCUT2D eigenvalue weighted by atomic mass is 9.99. The highest BCUT2D eigenvalue weighted by molar-refractivity contribution is 5.71. The molecule has 0 aliphatic heterocycles. The highest BCUT2D eigenvalue weighted by Crippen LogP contribution is 2.17. The molecule has 0 aromatic heterocycles. The third-order valence-electron chi connectivity index (χ3n) is 11.8. The summed E-state index contributed by atoms with van der Waals surface area (Å²) >= 11 is 0. The quantitative estimate of drug-likeness (QED) is 0.0346. The number of hydrogen-bond donors (Lipinski definition) is 0. The van der Waals surface area contributed by atoms with E-state index >= 15 is 0 Å². The molecule has 2 atom stereocenters. The summed E-state index contributed by atoms with van der Waals surface area (Å²) in [5.41, 5.74) is 0. The van der Waals surface area contributed by atoms with E-state index < -0.39 is 6.10 Å². The number of hydrogen-bond acceptors (Lipinski definition) is 6. The molecule has 6 heteroatoms. The minimum Gasteiger partial charge on any atom is -0.462 e. The number of ether oxygens (including phenoxy) is 3. The van der Waals surface area contributed by atoms with Crippen LogP contribution in [0.1, 0.15) is 279 Å². The molecule has 0 bridgehead atoms. The van der Waals surface area contributed by atoms with Gasteiger partial charge < -0.3 is 14.2 Å².